The van der Waals surface area contributed by atoms with Crippen LogP contribution in [0.5, 0.6) is 0 Å². The van der Waals surface area contributed by atoms with E-state index >= 15 is 0 Å². The monoisotopic (exact) mass is 337 g/mol. The molecule has 0 bridgehead atoms. The van der Waals surface area contributed by atoms with Gasteiger partial charge in [0.2, 0.25) is 0 Å². The summed E-state index contributed by atoms with van der Waals surface area (Å²) in [7, 11) is 0. The SMILES string of the molecule is CC[C@H]1CC[C@H]2[C@@H]3C=CC4=CC(=O)CC(CC#N)[C@]4(C)[C@H]3CC[C@]12C. The van der Waals surface area contributed by atoms with Crippen LogP contribution in [-0.4, -0.2) is 5.78 Å². The first-order chi connectivity index (χ1) is 11.9. The minimum absolute atomic E-state index is 0.00862. The van der Waals surface area contributed by atoms with Crippen molar-refractivity contribution in [2.24, 2.45) is 40.4 Å². The largest absolute Gasteiger partial charge is 0.295 e. The fourth-order valence-corrected chi connectivity index (χ4v) is 7.37. The molecule has 4 aliphatic carbocycles. The van der Waals surface area contributed by atoms with Crippen LogP contribution in [0.1, 0.15) is 65.7 Å². The molecule has 0 aromatic heterocycles. The van der Waals surface area contributed by atoms with Crippen LogP contribution in [0.3, 0.4) is 0 Å². The Hall–Kier alpha value is -1.36. The van der Waals surface area contributed by atoms with Gasteiger partial charge < -0.3 is 0 Å². The van der Waals surface area contributed by atoms with Crippen molar-refractivity contribution in [2.75, 3.05) is 0 Å². The maximum Gasteiger partial charge on any atom is 0.156 e. The molecule has 1 unspecified atom stereocenters. The average Bonchev–Trinajstić information content (AvgIpc) is 2.92. The van der Waals surface area contributed by atoms with Crippen molar-refractivity contribution in [1.29, 1.82) is 5.26 Å². The van der Waals surface area contributed by atoms with Crippen LogP contribution >= 0.6 is 0 Å². The Morgan fingerprint density at radius 3 is 2.72 bits per heavy atom. The predicted octanol–water partition coefficient (Wildman–Crippen LogP) is 5.46. The van der Waals surface area contributed by atoms with Gasteiger partial charge in [0.25, 0.3) is 0 Å². The Labute approximate surface area is 152 Å². The molecule has 134 valence electrons. The summed E-state index contributed by atoms with van der Waals surface area (Å²) >= 11 is 0. The van der Waals surface area contributed by atoms with Crippen LogP contribution in [-0.2, 0) is 4.79 Å². The second kappa shape index (κ2) is 5.83. The fraction of sp³-hybridized carbons (Fsp3) is 0.739. The van der Waals surface area contributed by atoms with Crippen molar-refractivity contribution in [1.82, 2.24) is 0 Å². The Balaban J connectivity index is 1.75. The molecule has 0 radical (unpaired) electrons. The Bertz CT molecular complexity index is 683. The van der Waals surface area contributed by atoms with Gasteiger partial charge in [0, 0.05) is 18.3 Å². The second-order valence-electron chi connectivity index (χ2n) is 9.49. The zero-order valence-electron chi connectivity index (χ0n) is 15.9. The Morgan fingerprint density at radius 2 is 2.00 bits per heavy atom. The van der Waals surface area contributed by atoms with Crippen LogP contribution in [0.25, 0.3) is 0 Å². The van der Waals surface area contributed by atoms with Crippen molar-refractivity contribution in [3.8, 4) is 6.07 Å². The molecule has 2 fully saturated rings. The molecule has 4 rings (SSSR count). The highest BCUT2D eigenvalue weighted by atomic mass is 16.1. The molecular weight excluding hydrogens is 306 g/mol. The first-order valence-corrected chi connectivity index (χ1v) is 10.2. The smallest absolute Gasteiger partial charge is 0.156 e. The molecule has 0 aromatic carbocycles. The van der Waals surface area contributed by atoms with E-state index in [0.29, 0.717) is 30.1 Å². The molecule has 2 saturated carbocycles. The van der Waals surface area contributed by atoms with Crippen molar-refractivity contribution in [2.45, 2.75) is 65.7 Å². The standard InChI is InChI=1S/C23H31NO/c1-4-15-6-8-20-19-7-5-16-13-18(25)14-17(10-12-24)23(16,3)21(19)9-11-22(15,20)2/h5,7,13,15,17,19-21H,4,6,8-11,14H2,1-3H3/t15-,17?,19-,20-,21-,22+,23+/m0/s1. The van der Waals surface area contributed by atoms with Crippen LogP contribution in [0.4, 0.5) is 0 Å². The molecule has 7 atom stereocenters. The number of nitrogens with zero attached hydrogens (tertiary/aromatic N) is 1. The third-order valence-electron chi connectivity index (χ3n) is 8.86. The van der Waals surface area contributed by atoms with Crippen LogP contribution in [0.2, 0.25) is 0 Å². The lowest BCUT2D eigenvalue weighted by Crippen LogP contribution is -2.51. The van der Waals surface area contributed by atoms with Crippen molar-refractivity contribution in [3.63, 3.8) is 0 Å². The molecule has 0 N–H and O–H groups in total. The third-order valence-corrected chi connectivity index (χ3v) is 8.86. The molecule has 2 heteroatoms. The van der Waals surface area contributed by atoms with Crippen molar-refractivity contribution in [3.05, 3.63) is 23.8 Å². The normalized spacial score (nSPS) is 48.2. The minimum Gasteiger partial charge on any atom is -0.295 e. The first-order valence-electron chi connectivity index (χ1n) is 10.2. The first kappa shape index (κ1) is 17.1. The van der Waals surface area contributed by atoms with E-state index < -0.39 is 0 Å². The van der Waals surface area contributed by atoms with Gasteiger partial charge in [-0.15, -0.1) is 0 Å². The van der Waals surface area contributed by atoms with E-state index in [1.165, 1.54) is 37.7 Å². The second-order valence-corrected chi connectivity index (χ2v) is 9.49. The number of hydrogen-bond acceptors (Lipinski definition) is 2. The lowest BCUT2D eigenvalue weighted by molar-refractivity contribution is -0.119. The summed E-state index contributed by atoms with van der Waals surface area (Å²) in [6.07, 6.45) is 14.3. The number of allylic oxidation sites excluding steroid dienone is 4. The highest BCUT2D eigenvalue weighted by Crippen LogP contribution is 2.66. The van der Waals surface area contributed by atoms with E-state index in [9.17, 15) is 10.1 Å². The van der Waals surface area contributed by atoms with Gasteiger partial charge in [-0.05, 0) is 72.3 Å². The van der Waals surface area contributed by atoms with E-state index in [2.05, 4.69) is 39.0 Å². The molecule has 0 amide bonds. The highest BCUT2D eigenvalue weighted by Gasteiger charge is 2.59. The third kappa shape index (κ3) is 2.24. The molecule has 0 heterocycles. The van der Waals surface area contributed by atoms with Crippen LogP contribution in [0.15, 0.2) is 23.8 Å². The predicted molar refractivity (Wildman–Crippen MR) is 99.5 cm³/mol. The number of nitriles is 1. The summed E-state index contributed by atoms with van der Waals surface area (Å²) in [5, 5.41) is 9.36. The molecular formula is C23H31NO. The van der Waals surface area contributed by atoms with Crippen LogP contribution < -0.4 is 0 Å². The van der Waals surface area contributed by atoms with E-state index in [1.54, 1.807) is 0 Å². The summed E-state index contributed by atoms with van der Waals surface area (Å²) < 4.78 is 0. The van der Waals surface area contributed by atoms with Gasteiger partial charge in [0.05, 0.1) is 6.07 Å². The Kier molecular flexibility index (Phi) is 3.98. The quantitative estimate of drug-likeness (QED) is 0.671. The zero-order chi connectivity index (χ0) is 17.8. The summed E-state index contributed by atoms with van der Waals surface area (Å²) in [6.45, 7) is 7.27. The number of fused-ring (bicyclic) bond motifs is 5. The van der Waals surface area contributed by atoms with E-state index in [-0.39, 0.29) is 17.1 Å². The van der Waals surface area contributed by atoms with E-state index in [1.807, 2.05) is 6.08 Å². The molecule has 0 aromatic rings. The number of ketones is 1. The molecule has 0 aliphatic heterocycles. The van der Waals surface area contributed by atoms with Gasteiger partial charge in [0.1, 0.15) is 0 Å². The topological polar surface area (TPSA) is 40.9 Å². The van der Waals surface area contributed by atoms with Gasteiger partial charge >= 0.3 is 0 Å². The number of hydrogen-bond donors (Lipinski definition) is 0. The Morgan fingerprint density at radius 1 is 1.20 bits per heavy atom. The molecule has 0 spiro atoms. The number of carbonyl (C=O) groups is 1. The van der Waals surface area contributed by atoms with Gasteiger partial charge in [-0.1, -0.05) is 39.3 Å². The molecule has 25 heavy (non-hydrogen) atoms. The lowest BCUT2D eigenvalue weighted by Gasteiger charge is -2.58. The lowest BCUT2D eigenvalue weighted by atomic mass is 9.46. The number of carbonyl (C=O) groups excluding carboxylic acids is 1. The fourth-order valence-electron chi connectivity index (χ4n) is 7.37. The summed E-state index contributed by atoms with van der Waals surface area (Å²) in [5.41, 5.74) is 1.71. The van der Waals surface area contributed by atoms with Gasteiger partial charge in [-0.3, -0.25) is 4.79 Å². The molecule has 2 nitrogen and oxygen atoms in total. The van der Waals surface area contributed by atoms with Crippen molar-refractivity contribution < 1.29 is 4.79 Å². The van der Waals surface area contributed by atoms with E-state index in [0.717, 1.165) is 11.8 Å². The molecule has 0 saturated heterocycles. The average molecular weight is 338 g/mol. The highest BCUT2D eigenvalue weighted by molar-refractivity contribution is 5.92. The zero-order valence-corrected chi connectivity index (χ0v) is 15.9. The minimum atomic E-state index is 0.00862. The number of rotatable bonds is 2. The van der Waals surface area contributed by atoms with Gasteiger partial charge in [-0.2, -0.15) is 5.26 Å². The molecule has 4 aliphatic rings. The van der Waals surface area contributed by atoms with Crippen LogP contribution in [0, 0.1) is 51.8 Å². The van der Waals surface area contributed by atoms with Crippen molar-refractivity contribution >= 4 is 5.78 Å². The van der Waals surface area contributed by atoms with Gasteiger partial charge in [-0.25, -0.2) is 0 Å². The summed E-state index contributed by atoms with van der Waals surface area (Å²) in [5.74, 6) is 3.29. The van der Waals surface area contributed by atoms with E-state index in [4.69, 9.17) is 0 Å². The maximum absolute atomic E-state index is 12.2. The summed E-state index contributed by atoms with van der Waals surface area (Å²) in [4.78, 5) is 12.2. The maximum atomic E-state index is 12.2. The van der Waals surface area contributed by atoms with Gasteiger partial charge in [0.15, 0.2) is 5.78 Å². The summed E-state index contributed by atoms with van der Waals surface area (Å²) in [6, 6.07) is 2.38.